The molecule has 0 atom stereocenters. The van der Waals surface area contributed by atoms with E-state index in [-0.39, 0.29) is 20.3 Å². The SMILES string of the molecule is Cc1c(S(=O)(=O)O)ccc(O)c1S(=O)(=O)O.[H-].[Li+]. The summed E-state index contributed by atoms with van der Waals surface area (Å²) in [6.07, 6.45) is 0. The second-order valence-corrected chi connectivity index (χ2v) is 5.74. The Kier molecular flexibility index (Phi) is 4.81. The number of benzene rings is 1. The third-order valence-corrected chi connectivity index (χ3v) is 3.90. The van der Waals surface area contributed by atoms with E-state index in [4.69, 9.17) is 9.11 Å². The van der Waals surface area contributed by atoms with Crippen molar-refractivity contribution in [1.29, 1.82) is 0 Å². The van der Waals surface area contributed by atoms with Crippen molar-refractivity contribution in [3.05, 3.63) is 17.7 Å². The van der Waals surface area contributed by atoms with Crippen LogP contribution in [0.25, 0.3) is 0 Å². The Balaban J connectivity index is 0. The van der Waals surface area contributed by atoms with Gasteiger partial charge in [-0.15, -0.1) is 0 Å². The minimum absolute atomic E-state index is 0. The first-order valence-corrected chi connectivity index (χ1v) is 6.70. The summed E-state index contributed by atoms with van der Waals surface area (Å²) < 4.78 is 61.0. The number of hydrogen-bond donors (Lipinski definition) is 3. The minimum atomic E-state index is -4.77. The van der Waals surface area contributed by atoms with Crippen LogP contribution in [0.4, 0.5) is 0 Å². The number of phenols is 1. The second kappa shape index (κ2) is 4.97. The van der Waals surface area contributed by atoms with Gasteiger partial charge >= 0.3 is 18.9 Å². The minimum Gasteiger partial charge on any atom is -1.00 e. The van der Waals surface area contributed by atoms with E-state index in [1.807, 2.05) is 0 Å². The molecule has 0 aliphatic heterocycles. The van der Waals surface area contributed by atoms with E-state index < -0.39 is 41.3 Å². The number of rotatable bonds is 2. The molecule has 0 fully saturated rings. The first-order valence-electron chi connectivity index (χ1n) is 3.82. The van der Waals surface area contributed by atoms with Crippen LogP contribution in [-0.4, -0.2) is 31.0 Å². The average molecular weight is 276 g/mol. The molecule has 0 amide bonds. The van der Waals surface area contributed by atoms with Gasteiger partial charge in [0, 0.05) is 0 Å². The summed E-state index contributed by atoms with van der Waals surface area (Å²) in [6.45, 7) is 1.03. The largest absolute Gasteiger partial charge is 1.00 e. The average Bonchev–Trinajstić information content (AvgIpc) is 1.97. The van der Waals surface area contributed by atoms with Gasteiger partial charge in [0.25, 0.3) is 20.2 Å². The van der Waals surface area contributed by atoms with Gasteiger partial charge in [0.2, 0.25) is 0 Å². The van der Waals surface area contributed by atoms with E-state index in [1.165, 1.54) is 0 Å². The van der Waals surface area contributed by atoms with Crippen molar-refractivity contribution in [3.63, 3.8) is 0 Å². The summed E-state index contributed by atoms with van der Waals surface area (Å²) in [4.78, 5) is -1.64. The Morgan fingerprint density at radius 3 is 1.88 bits per heavy atom. The van der Waals surface area contributed by atoms with Crippen LogP contribution in [0.15, 0.2) is 21.9 Å². The fraction of sp³-hybridized carbons (Fsp3) is 0.143. The van der Waals surface area contributed by atoms with Crippen molar-refractivity contribution in [3.8, 4) is 5.75 Å². The Morgan fingerprint density at radius 1 is 1.06 bits per heavy atom. The molecular formula is C7H9LiO7S2. The van der Waals surface area contributed by atoms with E-state index in [2.05, 4.69) is 0 Å². The van der Waals surface area contributed by atoms with Crippen molar-refractivity contribution in [2.24, 2.45) is 0 Å². The van der Waals surface area contributed by atoms with E-state index in [9.17, 15) is 21.9 Å². The van der Waals surface area contributed by atoms with Crippen LogP contribution in [0.2, 0.25) is 0 Å². The van der Waals surface area contributed by atoms with Gasteiger partial charge in [0.1, 0.15) is 10.6 Å². The molecule has 0 unspecified atom stereocenters. The zero-order valence-electron chi connectivity index (χ0n) is 9.95. The van der Waals surface area contributed by atoms with Gasteiger partial charge in [-0.2, -0.15) is 16.8 Å². The fourth-order valence-corrected chi connectivity index (χ4v) is 2.89. The predicted octanol–water partition coefficient (Wildman–Crippen LogP) is -2.69. The molecule has 3 N–H and O–H groups in total. The zero-order chi connectivity index (χ0) is 12.7. The zero-order valence-corrected chi connectivity index (χ0v) is 10.6. The van der Waals surface area contributed by atoms with Crippen molar-refractivity contribution >= 4 is 20.2 Å². The molecule has 0 saturated heterocycles. The van der Waals surface area contributed by atoms with Crippen LogP contribution in [0.5, 0.6) is 5.75 Å². The van der Waals surface area contributed by atoms with Gasteiger partial charge in [-0.05, 0) is 24.6 Å². The van der Waals surface area contributed by atoms with Crippen LogP contribution < -0.4 is 18.9 Å². The molecule has 0 aromatic heterocycles. The van der Waals surface area contributed by atoms with Crippen LogP contribution in [0.3, 0.4) is 0 Å². The smallest absolute Gasteiger partial charge is 1.00 e. The molecule has 0 aliphatic rings. The number of phenolic OH excluding ortho intramolecular Hbond substituents is 1. The van der Waals surface area contributed by atoms with Crippen LogP contribution >= 0.6 is 0 Å². The molecule has 0 spiro atoms. The molecule has 17 heavy (non-hydrogen) atoms. The Bertz CT molecular complexity index is 638. The van der Waals surface area contributed by atoms with Gasteiger partial charge in [0.05, 0.1) is 4.90 Å². The molecule has 0 heterocycles. The monoisotopic (exact) mass is 276 g/mol. The van der Waals surface area contributed by atoms with E-state index in [0.29, 0.717) is 0 Å². The predicted molar refractivity (Wildman–Crippen MR) is 53.6 cm³/mol. The van der Waals surface area contributed by atoms with Gasteiger partial charge < -0.3 is 6.53 Å². The van der Waals surface area contributed by atoms with Crippen molar-refractivity contribution in [1.82, 2.24) is 0 Å². The summed E-state index contributed by atoms with van der Waals surface area (Å²) in [5.41, 5.74) is -0.454. The summed E-state index contributed by atoms with van der Waals surface area (Å²) >= 11 is 0. The van der Waals surface area contributed by atoms with Gasteiger partial charge in [0.15, 0.2) is 0 Å². The van der Waals surface area contributed by atoms with E-state index in [0.717, 1.165) is 19.1 Å². The Hall–Kier alpha value is -0.563. The quantitative estimate of drug-likeness (QED) is 0.396. The van der Waals surface area contributed by atoms with E-state index >= 15 is 0 Å². The van der Waals surface area contributed by atoms with Gasteiger partial charge in [-0.1, -0.05) is 0 Å². The van der Waals surface area contributed by atoms with Crippen molar-refractivity contribution in [2.45, 2.75) is 16.7 Å². The number of hydrogen-bond acceptors (Lipinski definition) is 5. The molecule has 92 valence electrons. The summed E-state index contributed by atoms with van der Waals surface area (Å²) in [7, 11) is -9.39. The van der Waals surface area contributed by atoms with Crippen molar-refractivity contribution < 1.29 is 51.3 Å². The molecule has 1 aromatic rings. The van der Waals surface area contributed by atoms with Crippen LogP contribution in [-0.2, 0) is 20.2 Å². The van der Waals surface area contributed by atoms with Crippen LogP contribution in [0.1, 0.15) is 6.99 Å². The third-order valence-electron chi connectivity index (χ3n) is 1.87. The Morgan fingerprint density at radius 2 is 1.53 bits per heavy atom. The maximum atomic E-state index is 10.9. The Labute approximate surface area is 112 Å². The standard InChI is InChI=1S/C7H8O7S2.Li.H/c1-4-6(15(9,10)11)3-2-5(8)7(4)16(12,13)14;;/h2-3,8H,1H3,(H,9,10,11)(H,12,13,14);;/q;+1;-1. The van der Waals surface area contributed by atoms with E-state index in [1.54, 1.807) is 0 Å². The maximum absolute atomic E-state index is 10.9. The molecule has 0 aliphatic carbocycles. The molecule has 0 bridgehead atoms. The van der Waals surface area contributed by atoms with Gasteiger partial charge in [-0.25, -0.2) is 0 Å². The molecule has 0 saturated carbocycles. The first-order chi connectivity index (χ1) is 7.05. The van der Waals surface area contributed by atoms with Crippen molar-refractivity contribution in [2.75, 3.05) is 0 Å². The number of aromatic hydroxyl groups is 1. The summed E-state index contributed by atoms with van der Waals surface area (Å²) in [5.74, 6) is -0.799. The topological polar surface area (TPSA) is 129 Å². The molecule has 1 rings (SSSR count). The normalized spacial score (nSPS) is 11.9. The maximum Gasteiger partial charge on any atom is 1.00 e. The molecule has 7 nitrogen and oxygen atoms in total. The fourth-order valence-electron chi connectivity index (χ4n) is 1.26. The van der Waals surface area contributed by atoms with Gasteiger partial charge in [-0.3, -0.25) is 9.11 Å². The summed E-state index contributed by atoms with van der Waals surface area (Å²) in [6, 6.07) is 1.58. The summed E-state index contributed by atoms with van der Waals surface area (Å²) in [5, 5.41) is 9.20. The molecule has 0 radical (unpaired) electrons. The third kappa shape index (κ3) is 3.45. The van der Waals surface area contributed by atoms with Crippen LogP contribution in [0, 0.1) is 6.92 Å². The second-order valence-electron chi connectivity index (χ2n) is 2.99. The molecular weight excluding hydrogens is 267 g/mol. The molecule has 1 aromatic carbocycles. The molecule has 10 heteroatoms. The first kappa shape index (κ1) is 16.4.